The molecule has 1 aliphatic heterocycles. The maximum Gasteiger partial charge on any atom is 0.275 e. The minimum atomic E-state index is -0.481. The number of nitrogens with zero attached hydrogens (tertiary/aromatic N) is 1. The van der Waals surface area contributed by atoms with E-state index in [0.29, 0.717) is 18.0 Å². The first kappa shape index (κ1) is 13.6. The van der Waals surface area contributed by atoms with Crippen LogP contribution in [-0.4, -0.2) is 24.2 Å². The van der Waals surface area contributed by atoms with Gasteiger partial charge in [0.2, 0.25) is 0 Å². The van der Waals surface area contributed by atoms with E-state index in [1.54, 1.807) is 6.07 Å². The van der Waals surface area contributed by atoms with Crippen molar-refractivity contribution in [2.24, 2.45) is 5.84 Å². The van der Waals surface area contributed by atoms with Gasteiger partial charge in [0.25, 0.3) is 5.69 Å². The van der Waals surface area contributed by atoms with Crippen LogP contribution >= 0.6 is 0 Å². The lowest BCUT2D eigenvalue weighted by Gasteiger charge is -2.22. The van der Waals surface area contributed by atoms with Crippen LogP contribution in [0.3, 0.4) is 0 Å². The van der Waals surface area contributed by atoms with E-state index in [1.807, 2.05) is 0 Å². The summed E-state index contributed by atoms with van der Waals surface area (Å²) in [6, 6.07) is 4.35. The molecule has 7 heteroatoms. The van der Waals surface area contributed by atoms with Crippen molar-refractivity contribution in [3.63, 3.8) is 0 Å². The molecule has 1 aromatic rings. The first-order chi connectivity index (χ1) is 9.19. The molecule has 2 rings (SSSR count). The van der Waals surface area contributed by atoms with E-state index in [9.17, 15) is 10.1 Å². The van der Waals surface area contributed by atoms with Crippen molar-refractivity contribution in [3.05, 3.63) is 28.3 Å². The summed E-state index contributed by atoms with van der Waals surface area (Å²) in [5.74, 6) is 5.69. The molecule has 1 fully saturated rings. The van der Waals surface area contributed by atoms with Crippen molar-refractivity contribution in [1.29, 1.82) is 0 Å². The molecule has 1 aromatic carbocycles. The van der Waals surface area contributed by atoms with E-state index < -0.39 is 4.92 Å². The monoisotopic (exact) mass is 267 g/mol. The summed E-state index contributed by atoms with van der Waals surface area (Å²) in [6.45, 7) is 1.14. The van der Waals surface area contributed by atoms with Crippen LogP contribution < -0.4 is 16.0 Å². The van der Waals surface area contributed by atoms with Crippen LogP contribution in [0.1, 0.15) is 19.3 Å². The molecule has 0 saturated carbocycles. The first-order valence-corrected chi connectivity index (χ1v) is 6.19. The number of nitro benzene ring substituents is 1. The van der Waals surface area contributed by atoms with Crippen molar-refractivity contribution >= 4 is 11.4 Å². The summed E-state index contributed by atoms with van der Waals surface area (Å²) in [4.78, 5) is 10.3. The fourth-order valence-corrected chi connectivity index (χ4v) is 1.98. The molecule has 0 bridgehead atoms. The number of hydrazine groups is 1. The summed E-state index contributed by atoms with van der Waals surface area (Å²) in [5.41, 5.74) is 2.76. The van der Waals surface area contributed by atoms with E-state index in [1.165, 1.54) is 12.1 Å². The molecule has 1 aliphatic rings. The Hall–Kier alpha value is -1.86. The average Bonchev–Trinajstić information content (AvgIpc) is 2.45. The number of anilines is 1. The standard InChI is InChI=1S/C12H17N3O4/c13-14-9-5-10(15(16)17)7-12(6-9)19-8-11-3-1-2-4-18-11/h5-7,11,14H,1-4,8,13H2. The second kappa shape index (κ2) is 6.35. The normalized spacial score (nSPS) is 18.9. The van der Waals surface area contributed by atoms with Crippen molar-refractivity contribution in [3.8, 4) is 5.75 Å². The van der Waals surface area contributed by atoms with Gasteiger partial charge in [0, 0.05) is 18.7 Å². The summed E-state index contributed by atoms with van der Waals surface area (Å²) in [7, 11) is 0. The Morgan fingerprint density at radius 1 is 1.47 bits per heavy atom. The van der Waals surface area contributed by atoms with E-state index in [4.69, 9.17) is 15.3 Å². The number of nitrogens with one attached hydrogen (secondary N) is 1. The highest BCUT2D eigenvalue weighted by atomic mass is 16.6. The third kappa shape index (κ3) is 3.80. The van der Waals surface area contributed by atoms with Gasteiger partial charge in [-0.15, -0.1) is 0 Å². The maximum absolute atomic E-state index is 10.8. The minimum Gasteiger partial charge on any atom is -0.491 e. The van der Waals surface area contributed by atoms with Crippen LogP contribution in [-0.2, 0) is 4.74 Å². The van der Waals surface area contributed by atoms with Gasteiger partial charge in [-0.1, -0.05) is 0 Å². The van der Waals surface area contributed by atoms with Crippen molar-refractivity contribution < 1.29 is 14.4 Å². The second-order valence-electron chi connectivity index (χ2n) is 4.42. The highest BCUT2D eigenvalue weighted by Gasteiger charge is 2.16. The first-order valence-electron chi connectivity index (χ1n) is 6.19. The number of nitro groups is 1. The topological polar surface area (TPSA) is 99.7 Å². The average molecular weight is 267 g/mol. The summed E-state index contributed by atoms with van der Waals surface area (Å²) in [6.07, 6.45) is 3.21. The van der Waals surface area contributed by atoms with Gasteiger partial charge < -0.3 is 14.9 Å². The molecule has 1 saturated heterocycles. The van der Waals surface area contributed by atoms with Gasteiger partial charge in [-0.05, 0) is 19.3 Å². The Balaban J connectivity index is 2.02. The Labute approximate surface area is 110 Å². The lowest BCUT2D eigenvalue weighted by Crippen LogP contribution is -2.25. The Bertz CT molecular complexity index is 447. The number of hydrogen-bond donors (Lipinski definition) is 2. The quantitative estimate of drug-likeness (QED) is 0.479. The van der Waals surface area contributed by atoms with Crippen molar-refractivity contribution in [1.82, 2.24) is 0 Å². The molecule has 1 unspecified atom stereocenters. The molecule has 1 atom stereocenters. The zero-order chi connectivity index (χ0) is 13.7. The van der Waals surface area contributed by atoms with Crippen LogP contribution in [0.25, 0.3) is 0 Å². The van der Waals surface area contributed by atoms with Gasteiger partial charge in [-0.2, -0.15) is 0 Å². The van der Waals surface area contributed by atoms with E-state index in [-0.39, 0.29) is 11.8 Å². The van der Waals surface area contributed by atoms with Crippen LogP contribution in [0.4, 0.5) is 11.4 Å². The second-order valence-corrected chi connectivity index (χ2v) is 4.42. The molecular weight excluding hydrogens is 250 g/mol. The van der Waals surface area contributed by atoms with E-state index in [0.717, 1.165) is 25.9 Å². The number of benzene rings is 1. The SMILES string of the molecule is NNc1cc(OCC2CCCCO2)cc([N+](=O)[O-])c1. The van der Waals surface area contributed by atoms with Gasteiger partial charge in [0.05, 0.1) is 22.8 Å². The van der Waals surface area contributed by atoms with Crippen molar-refractivity contribution in [2.75, 3.05) is 18.6 Å². The van der Waals surface area contributed by atoms with E-state index in [2.05, 4.69) is 5.43 Å². The molecule has 19 heavy (non-hydrogen) atoms. The summed E-state index contributed by atoms with van der Waals surface area (Å²) in [5, 5.41) is 10.8. The highest BCUT2D eigenvalue weighted by molar-refractivity contribution is 5.55. The zero-order valence-electron chi connectivity index (χ0n) is 10.5. The molecule has 0 aromatic heterocycles. The number of hydrogen-bond acceptors (Lipinski definition) is 6. The number of rotatable bonds is 5. The van der Waals surface area contributed by atoms with E-state index >= 15 is 0 Å². The molecule has 0 spiro atoms. The molecule has 1 heterocycles. The molecule has 7 nitrogen and oxygen atoms in total. The fraction of sp³-hybridized carbons (Fsp3) is 0.500. The fourth-order valence-electron chi connectivity index (χ4n) is 1.98. The molecule has 104 valence electrons. The van der Waals surface area contributed by atoms with Crippen molar-refractivity contribution in [2.45, 2.75) is 25.4 Å². The van der Waals surface area contributed by atoms with Gasteiger partial charge in [-0.25, -0.2) is 0 Å². The van der Waals surface area contributed by atoms with Gasteiger partial charge in [0.1, 0.15) is 12.4 Å². The van der Waals surface area contributed by atoms with Gasteiger partial charge >= 0.3 is 0 Å². The number of nitrogens with two attached hydrogens (primary N) is 1. The predicted molar refractivity (Wildman–Crippen MR) is 70.0 cm³/mol. The number of non-ortho nitro benzene ring substituents is 1. The highest BCUT2D eigenvalue weighted by Crippen LogP contribution is 2.26. The lowest BCUT2D eigenvalue weighted by atomic mass is 10.1. The Kier molecular flexibility index (Phi) is 4.53. The van der Waals surface area contributed by atoms with Gasteiger partial charge in [-0.3, -0.25) is 16.0 Å². The molecule has 0 amide bonds. The summed E-state index contributed by atoms with van der Waals surface area (Å²) >= 11 is 0. The number of nitrogen functional groups attached to an aromatic ring is 1. The van der Waals surface area contributed by atoms with Crippen LogP contribution in [0, 0.1) is 10.1 Å². The smallest absolute Gasteiger partial charge is 0.275 e. The van der Waals surface area contributed by atoms with Crippen LogP contribution in [0.15, 0.2) is 18.2 Å². The molecule has 3 N–H and O–H groups in total. The minimum absolute atomic E-state index is 0.0577. The molecular formula is C12H17N3O4. The Morgan fingerprint density at radius 3 is 2.95 bits per heavy atom. The zero-order valence-corrected chi connectivity index (χ0v) is 10.5. The molecule has 0 aliphatic carbocycles. The van der Waals surface area contributed by atoms with Crippen LogP contribution in [0.2, 0.25) is 0 Å². The predicted octanol–water partition coefficient (Wildman–Crippen LogP) is 1.83. The van der Waals surface area contributed by atoms with Crippen LogP contribution in [0.5, 0.6) is 5.75 Å². The van der Waals surface area contributed by atoms with Gasteiger partial charge in [0.15, 0.2) is 0 Å². The lowest BCUT2D eigenvalue weighted by molar-refractivity contribution is -0.384. The third-order valence-electron chi connectivity index (χ3n) is 2.98. The third-order valence-corrected chi connectivity index (χ3v) is 2.98. The number of ether oxygens (including phenoxy) is 2. The molecule has 0 radical (unpaired) electrons. The Morgan fingerprint density at radius 2 is 2.32 bits per heavy atom. The maximum atomic E-state index is 10.8. The largest absolute Gasteiger partial charge is 0.491 e. The summed E-state index contributed by atoms with van der Waals surface area (Å²) < 4.78 is 11.1.